The summed E-state index contributed by atoms with van der Waals surface area (Å²) in [5.41, 5.74) is 6.50. The van der Waals surface area contributed by atoms with E-state index >= 15 is 8.78 Å². The van der Waals surface area contributed by atoms with Crippen LogP contribution >= 0.6 is 22.9 Å². The Morgan fingerprint density at radius 1 is 1.23 bits per heavy atom. The van der Waals surface area contributed by atoms with E-state index in [1.165, 1.54) is 34.2 Å². The zero-order valence-electron chi connectivity index (χ0n) is 20.6. The Hall–Kier alpha value is -3.90. The highest BCUT2D eigenvalue weighted by atomic mass is 35.5. The molecule has 6 rings (SSSR count). The Labute approximate surface area is 229 Å². The van der Waals surface area contributed by atoms with Crippen molar-refractivity contribution in [2.75, 3.05) is 35.7 Å². The molecule has 2 aliphatic rings. The Bertz CT molecular complexity index is 1760. The van der Waals surface area contributed by atoms with Crippen molar-refractivity contribution in [3.63, 3.8) is 0 Å². The summed E-state index contributed by atoms with van der Waals surface area (Å²) in [6, 6.07) is 2.85. The number of halogens is 4. The molecular formula is C26H20ClF3N6O2S. The van der Waals surface area contributed by atoms with Crippen LogP contribution in [-0.4, -0.2) is 58.9 Å². The number of fused-ring (bicyclic) bond motifs is 6. The highest BCUT2D eigenvalue weighted by Crippen LogP contribution is 2.47. The summed E-state index contributed by atoms with van der Waals surface area (Å²) in [4.78, 5) is 38.6. The van der Waals surface area contributed by atoms with Crippen LogP contribution in [0.5, 0.6) is 0 Å². The SMILES string of the molecule is C=C(F)C(=O)N1C[C@@H]2C(=O)N(C)c3cnc4c(F)c(-c5c(F)ccc6sc(N)nc56)c(Cl)cc4c3N2C[C@H]1C. The lowest BCUT2D eigenvalue weighted by molar-refractivity contribution is -0.133. The van der Waals surface area contributed by atoms with Gasteiger partial charge in [-0.2, -0.15) is 0 Å². The standard InChI is InChI=1S/C26H20ClF3N6O2S/c1-10-8-36-16(9-35(10)24(37)11(2)28)25(38)34(3)15-7-32-21-12(23(15)36)6-13(27)18(20(21)30)19-14(29)4-5-17-22(19)33-26(31)39-17/h4-7,10,16H,2,8-9H2,1,3H3,(H2,31,33)/t10-,16-/m1/s1. The van der Waals surface area contributed by atoms with Crippen molar-refractivity contribution in [1.29, 1.82) is 0 Å². The molecule has 1 fully saturated rings. The second-order valence-electron chi connectivity index (χ2n) is 9.53. The Kier molecular flexibility index (Phi) is 5.74. The van der Waals surface area contributed by atoms with Gasteiger partial charge in [-0.25, -0.2) is 18.2 Å². The maximum absolute atomic E-state index is 16.3. The number of piperazine rings is 1. The predicted octanol–water partition coefficient (Wildman–Crippen LogP) is 4.89. The van der Waals surface area contributed by atoms with Gasteiger partial charge in [-0.1, -0.05) is 29.5 Å². The largest absolute Gasteiger partial charge is 0.375 e. The third kappa shape index (κ3) is 3.65. The number of amides is 2. The van der Waals surface area contributed by atoms with E-state index < -0.39 is 35.5 Å². The average molecular weight is 573 g/mol. The average Bonchev–Trinajstić information content (AvgIpc) is 3.27. The molecule has 2 aliphatic heterocycles. The van der Waals surface area contributed by atoms with Crippen LogP contribution in [0.25, 0.3) is 32.2 Å². The van der Waals surface area contributed by atoms with Gasteiger partial charge in [0.2, 0.25) is 0 Å². The number of nitrogens with two attached hydrogens (primary N) is 1. The first-order valence-electron chi connectivity index (χ1n) is 11.8. The number of benzene rings is 2. The number of pyridine rings is 1. The number of nitrogen functional groups attached to an aromatic ring is 1. The molecule has 2 atom stereocenters. The van der Waals surface area contributed by atoms with Gasteiger partial charge in [0.1, 0.15) is 17.4 Å². The Morgan fingerprint density at radius 3 is 2.69 bits per heavy atom. The minimum Gasteiger partial charge on any atom is -0.375 e. The first-order chi connectivity index (χ1) is 18.5. The normalized spacial score (nSPS) is 19.0. The minimum atomic E-state index is -1.12. The van der Waals surface area contributed by atoms with Gasteiger partial charge in [0.15, 0.2) is 16.8 Å². The minimum absolute atomic E-state index is 0.0835. The maximum Gasteiger partial charge on any atom is 0.282 e. The van der Waals surface area contributed by atoms with E-state index in [4.69, 9.17) is 17.3 Å². The zero-order valence-corrected chi connectivity index (χ0v) is 22.2. The van der Waals surface area contributed by atoms with Crippen molar-refractivity contribution >= 4 is 72.4 Å². The van der Waals surface area contributed by atoms with E-state index in [1.807, 2.05) is 0 Å². The van der Waals surface area contributed by atoms with Gasteiger partial charge < -0.3 is 20.4 Å². The summed E-state index contributed by atoms with van der Waals surface area (Å²) >= 11 is 7.78. The number of thiazole rings is 1. The van der Waals surface area contributed by atoms with Crippen LogP contribution in [0, 0.1) is 11.6 Å². The molecule has 0 unspecified atom stereocenters. The number of rotatable bonds is 2. The molecule has 0 spiro atoms. The summed E-state index contributed by atoms with van der Waals surface area (Å²) in [5, 5.41) is 0.415. The van der Waals surface area contributed by atoms with Gasteiger partial charge in [0, 0.05) is 36.1 Å². The third-order valence-electron chi connectivity index (χ3n) is 7.28. The molecule has 0 saturated carbocycles. The highest BCUT2D eigenvalue weighted by Gasteiger charge is 2.45. The second kappa shape index (κ2) is 8.82. The summed E-state index contributed by atoms with van der Waals surface area (Å²) in [6.45, 7) is 4.87. The molecule has 2 aromatic heterocycles. The number of anilines is 3. The van der Waals surface area contributed by atoms with Gasteiger partial charge in [-0.3, -0.25) is 14.6 Å². The number of hydrogen-bond donors (Lipinski definition) is 1. The van der Waals surface area contributed by atoms with Gasteiger partial charge in [-0.05, 0) is 25.1 Å². The van der Waals surface area contributed by atoms with Crippen molar-refractivity contribution < 1.29 is 22.8 Å². The zero-order chi connectivity index (χ0) is 27.9. The molecule has 0 bridgehead atoms. The number of carbonyl (C=O) groups excluding carboxylic acids is 2. The Balaban J connectivity index is 1.56. The molecule has 13 heteroatoms. The molecule has 2 aromatic carbocycles. The van der Waals surface area contributed by atoms with Crippen molar-refractivity contribution in [1.82, 2.24) is 14.9 Å². The fourth-order valence-electron chi connectivity index (χ4n) is 5.46. The van der Waals surface area contributed by atoms with Crippen molar-refractivity contribution in [2.24, 2.45) is 0 Å². The van der Waals surface area contributed by atoms with E-state index in [9.17, 15) is 14.0 Å². The smallest absolute Gasteiger partial charge is 0.282 e. The Morgan fingerprint density at radius 2 is 1.97 bits per heavy atom. The first-order valence-corrected chi connectivity index (χ1v) is 13.0. The van der Waals surface area contributed by atoms with Crippen LogP contribution < -0.4 is 15.5 Å². The molecule has 39 heavy (non-hydrogen) atoms. The van der Waals surface area contributed by atoms with Crippen LogP contribution in [-0.2, 0) is 9.59 Å². The predicted molar refractivity (Wildman–Crippen MR) is 146 cm³/mol. The lowest BCUT2D eigenvalue weighted by Crippen LogP contribution is -2.65. The van der Waals surface area contributed by atoms with Gasteiger partial charge in [0.25, 0.3) is 11.8 Å². The molecule has 2 N–H and O–H groups in total. The van der Waals surface area contributed by atoms with Gasteiger partial charge >= 0.3 is 0 Å². The van der Waals surface area contributed by atoms with E-state index in [-0.39, 0.29) is 51.3 Å². The second-order valence-corrected chi connectivity index (χ2v) is 11.0. The quantitative estimate of drug-likeness (QED) is 0.344. The molecule has 0 aliphatic carbocycles. The monoisotopic (exact) mass is 572 g/mol. The molecule has 2 amide bonds. The molecule has 200 valence electrons. The van der Waals surface area contributed by atoms with E-state index in [2.05, 4.69) is 16.5 Å². The lowest BCUT2D eigenvalue weighted by Gasteiger charge is -2.50. The summed E-state index contributed by atoms with van der Waals surface area (Å²) < 4.78 is 45.6. The number of likely N-dealkylation sites (N-methyl/N-ethyl adjacent to an activating group) is 1. The first kappa shape index (κ1) is 25.4. The van der Waals surface area contributed by atoms with Gasteiger partial charge in [0.05, 0.1) is 39.4 Å². The lowest BCUT2D eigenvalue weighted by atomic mass is 9.96. The van der Waals surface area contributed by atoms with Crippen LogP contribution in [0.1, 0.15) is 6.92 Å². The van der Waals surface area contributed by atoms with Crippen LogP contribution in [0.15, 0.2) is 36.8 Å². The molecule has 8 nitrogen and oxygen atoms in total. The summed E-state index contributed by atoms with van der Waals surface area (Å²) in [5.74, 6) is -3.92. The highest BCUT2D eigenvalue weighted by molar-refractivity contribution is 7.22. The van der Waals surface area contributed by atoms with Crippen molar-refractivity contribution in [3.8, 4) is 11.1 Å². The number of aromatic nitrogens is 2. The topological polar surface area (TPSA) is 95.7 Å². The van der Waals surface area contributed by atoms with Crippen molar-refractivity contribution in [3.05, 3.63) is 53.5 Å². The fourth-order valence-corrected chi connectivity index (χ4v) is 6.49. The maximum atomic E-state index is 16.3. The van der Waals surface area contributed by atoms with E-state index in [0.29, 0.717) is 21.5 Å². The molecule has 4 aromatic rings. The molecule has 4 heterocycles. The molecular weight excluding hydrogens is 553 g/mol. The number of carbonyl (C=O) groups is 2. The van der Waals surface area contributed by atoms with Crippen LogP contribution in [0.3, 0.4) is 0 Å². The van der Waals surface area contributed by atoms with Crippen LogP contribution in [0.4, 0.5) is 29.7 Å². The van der Waals surface area contributed by atoms with Gasteiger partial charge in [-0.15, -0.1) is 0 Å². The molecule has 1 saturated heterocycles. The number of nitrogens with zero attached hydrogens (tertiary/aromatic N) is 5. The molecule has 0 radical (unpaired) electrons. The van der Waals surface area contributed by atoms with E-state index in [1.54, 1.807) is 18.9 Å². The number of hydrogen-bond acceptors (Lipinski definition) is 7. The van der Waals surface area contributed by atoms with Crippen LogP contribution in [0.2, 0.25) is 5.02 Å². The summed E-state index contributed by atoms with van der Waals surface area (Å²) in [6.07, 6.45) is 1.37. The third-order valence-corrected chi connectivity index (χ3v) is 8.43. The van der Waals surface area contributed by atoms with E-state index in [0.717, 1.165) is 11.3 Å². The fraction of sp³-hybridized carbons (Fsp3) is 0.231. The summed E-state index contributed by atoms with van der Waals surface area (Å²) in [7, 11) is 1.54. The van der Waals surface area contributed by atoms with Crippen molar-refractivity contribution in [2.45, 2.75) is 19.0 Å².